The highest BCUT2D eigenvalue weighted by Crippen LogP contribution is 2.23. The van der Waals surface area contributed by atoms with Gasteiger partial charge in [0.05, 0.1) is 18.9 Å². The third kappa shape index (κ3) is 4.20. The largest absolute Gasteiger partial charge is 0.378 e. The van der Waals surface area contributed by atoms with Crippen LogP contribution in [0.25, 0.3) is 11.3 Å². The van der Waals surface area contributed by atoms with Gasteiger partial charge >= 0.3 is 0 Å². The van der Waals surface area contributed by atoms with E-state index in [0.717, 1.165) is 62.3 Å². The number of morpholine rings is 1. The molecule has 0 aliphatic carbocycles. The molecule has 1 aromatic heterocycles. The fourth-order valence-electron chi connectivity index (χ4n) is 2.58. The Hall–Kier alpha value is -2.14. The number of rotatable bonds is 6. The zero-order chi connectivity index (χ0) is 15.9. The first-order chi connectivity index (χ1) is 11.4. The van der Waals surface area contributed by atoms with Gasteiger partial charge in [-0.05, 0) is 6.42 Å². The number of ether oxygens (including phenoxy) is 1. The number of nitrogens with one attached hydrogen (secondary N) is 1. The van der Waals surface area contributed by atoms with Gasteiger partial charge in [-0.15, -0.1) is 0 Å². The van der Waals surface area contributed by atoms with Gasteiger partial charge in [-0.1, -0.05) is 43.7 Å². The number of anilines is 2. The van der Waals surface area contributed by atoms with Crippen LogP contribution in [0.4, 0.5) is 11.8 Å². The minimum Gasteiger partial charge on any atom is -0.378 e. The molecule has 1 fully saturated rings. The Balaban J connectivity index is 1.89. The fraction of sp³-hybridized carbons (Fsp3) is 0.444. The summed E-state index contributed by atoms with van der Waals surface area (Å²) in [5.74, 6) is 1.68. The molecular weight excluding hydrogens is 288 g/mol. The zero-order valence-corrected chi connectivity index (χ0v) is 13.7. The Bertz CT molecular complexity index is 612. The maximum Gasteiger partial charge on any atom is 0.228 e. The molecule has 1 saturated heterocycles. The van der Waals surface area contributed by atoms with Crippen LogP contribution in [0.5, 0.6) is 0 Å². The number of unbranched alkanes of at least 4 members (excludes halogenated alkanes) is 1. The molecule has 1 aliphatic rings. The highest BCUT2D eigenvalue weighted by molar-refractivity contribution is 5.64. The second-order valence-corrected chi connectivity index (χ2v) is 5.68. The molecule has 0 amide bonds. The van der Waals surface area contributed by atoms with Crippen LogP contribution in [0.2, 0.25) is 0 Å². The average molecular weight is 312 g/mol. The van der Waals surface area contributed by atoms with E-state index in [2.05, 4.69) is 29.3 Å². The lowest BCUT2D eigenvalue weighted by atomic mass is 10.1. The summed E-state index contributed by atoms with van der Waals surface area (Å²) in [6.07, 6.45) is 2.30. The summed E-state index contributed by atoms with van der Waals surface area (Å²) in [6, 6.07) is 12.3. The number of benzene rings is 1. The van der Waals surface area contributed by atoms with Crippen LogP contribution in [0, 0.1) is 0 Å². The van der Waals surface area contributed by atoms with Gasteiger partial charge in [0, 0.05) is 31.3 Å². The van der Waals surface area contributed by atoms with Gasteiger partial charge in [0.15, 0.2) is 0 Å². The van der Waals surface area contributed by atoms with Crippen molar-refractivity contribution in [2.24, 2.45) is 0 Å². The number of nitrogens with zero attached hydrogens (tertiary/aromatic N) is 3. The van der Waals surface area contributed by atoms with Crippen molar-refractivity contribution in [2.45, 2.75) is 19.8 Å². The van der Waals surface area contributed by atoms with Gasteiger partial charge < -0.3 is 15.0 Å². The van der Waals surface area contributed by atoms with Crippen molar-refractivity contribution in [2.75, 3.05) is 43.1 Å². The maximum atomic E-state index is 5.43. The fourth-order valence-corrected chi connectivity index (χ4v) is 2.58. The third-order valence-electron chi connectivity index (χ3n) is 3.91. The van der Waals surface area contributed by atoms with Gasteiger partial charge in [-0.25, -0.2) is 4.98 Å². The minimum atomic E-state index is 0.734. The van der Waals surface area contributed by atoms with Gasteiger partial charge in [0.2, 0.25) is 5.95 Å². The van der Waals surface area contributed by atoms with Gasteiger partial charge in [0.1, 0.15) is 5.82 Å². The Labute approximate surface area is 137 Å². The van der Waals surface area contributed by atoms with E-state index in [9.17, 15) is 0 Å². The molecule has 0 spiro atoms. The minimum absolute atomic E-state index is 0.734. The molecule has 122 valence electrons. The van der Waals surface area contributed by atoms with Crippen LogP contribution in [0.15, 0.2) is 36.4 Å². The first-order valence-electron chi connectivity index (χ1n) is 8.38. The summed E-state index contributed by atoms with van der Waals surface area (Å²) >= 11 is 0. The van der Waals surface area contributed by atoms with Crippen LogP contribution >= 0.6 is 0 Å². The summed E-state index contributed by atoms with van der Waals surface area (Å²) in [7, 11) is 0. The summed E-state index contributed by atoms with van der Waals surface area (Å²) in [5.41, 5.74) is 2.07. The van der Waals surface area contributed by atoms with Crippen molar-refractivity contribution in [3.8, 4) is 11.3 Å². The lowest BCUT2D eigenvalue weighted by Gasteiger charge is -2.27. The van der Waals surface area contributed by atoms with E-state index >= 15 is 0 Å². The van der Waals surface area contributed by atoms with Gasteiger partial charge in [0.25, 0.3) is 0 Å². The van der Waals surface area contributed by atoms with Crippen LogP contribution < -0.4 is 10.2 Å². The number of hydrogen-bond donors (Lipinski definition) is 1. The molecule has 0 unspecified atom stereocenters. The van der Waals surface area contributed by atoms with E-state index in [1.54, 1.807) is 0 Å². The van der Waals surface area contributed by atoms with Crippen molar-refractivity contribution >= 4 is 11.8 Å². The van der Waals surface area contributed by atoms with E-state index in [1.165, 1.54) is 6.42 Å². The first kappa shape index (κ1) is 15.7. The van der Waals surface area contributed by atoms with Crippen molar-refractivity contribution in [3.05, 3.63) is 36.4 Å². The van der Waals surface area contributed by atoms with Crippen molar-refractivity contribution in [3.63, 3.8) is 0 Å². The molecule has 2 aromatic rings. The Morgan fingerprint density at radius 2 is 1.91 bits per heavy atom. The zero-order valence-electron chi connectivity index (χ0n) is 13.7. The van der Waals surface area contributed by atoms with Crippen molar-refractivity contribution in [1.82, 2.24) is 9.97 Å². The lowest BCUT2D eigenvalue weighted by molar-refractivity contribution is 0.122. The van der Waals surface area contributed by atoms with E-state index < -0.39 is 0 Å². The maximum absolute atomic E-state index is 5.43. The predicted molar refractivity (Wildman–Crippen MR) is 93.9 cm³/mol. The van der Waals surface area contributed by atoms with E-state index in [1.807, 2.05) is 24.3 Å². The molecule has 5 heteroatoms. The normalized spacial score (nSPS) is 14.7. The standard InChI is InChI=1S/C18H24N4O/c1-2-3-9-19-17-14-16(15-7-5-4-6-8-15)20-18(21-17)22-10-12-23-13-11-22/h4-8,14H,2-3,9-13H2,1H3,(H,19,20,21). The Kier molecular flexibility index (Phi) is 5.42. The molecule has 0 radical (unpaired) electrons. The molecule has 0 atom stereocenters. The molecule has 3 rings (SSSR count). The Morgan fingerprint density at radius 1 is 1.13 bits per heavy atom. The third-order valence-corrected chi connectivity index (χ3v) is 3.91. The molecule has 0 saturated carbocycles. The summed E-state index contributed by atoms with van der Waals surface area (Å²) in [4.78, 5) is 11.7. The second-order valence-electron chi connectivity index (χ2n) is 5.68. The van der Waals surface area contributed by atoms with Crippen LogP contribution in [0.1, 0.15) is 19.8 Å². The van der Waals surface area contributed by atoms with Crippen LogP contribution in [-0.2, 0) is 4.74 Å². The highest BCUT2D eigenvalue weighted by atomic mass is 16.5. The lowest BCUT2D eigenvalue weighted by Crippen LogP contribution is -2.37. The molecule has 1 N–H and O–H groups in total. The SMILES string of the molecule is CCCCNc1cc(-c2ccccc2)nc(N2CCOCC2)n1. The van der Waals surface area contributed by atoms with Crippen LogP contribution in [-0.4, -0.2) is 42.8 Å². The second kappa shape index (κ2) is 7.92. The quantitative estimate of drug-likeness (QED) is 0.830. The van der Waals surface area contributed by atoms with Gasteiger partial charge in [-0.2, -0.15) is 4.98 Å². The van der Waals surface area contributed by atoms with Crippen molar-refractivity contribution in [1.29, 1.82) is 0 Å². The first-order valence-corrected chi connectivity index (χ1v) is 8.38. The smallest absolute Gasteiger partial charge is 0.228 e. The van der Waals surface area contributed by atoms with Crippen LogP contribution in [0.3, 0.4) is 0 Å². The van der Waals surface area contributed by atoms with Crippen molar-refractivity contribution < 1.29 is 4.74 Å². The van der Waals surface area contributed by atoms with E-state index in [-0.39, 0.29) is 0 Å². The average Bonchev–Trinajstić information content (AvgIpc) is 2.63. The molecule has 2 heterocycles. The molecule has 1 aromatic carbocycles. The molecule has 0 bridgehead atoms. The molecular formula is C18H24N4O. The van der Waals surface area contributed by atoms with Gasteiger partial charge in [-0.3, -0.25) is 0 Å². The summed E-state index contributed by atoms with van der Waals surface area (Å²) in [5, 5.41) is 3.43. The molecule has 1 aliphatic heterocycles. The number of hydrogen-bond acceptors (Lipinski definition) is 5. The number of aromatic nitrogens is 2. The van der Waals surface area contributed by atoms with E-state index in [0.29, 0.717) is 0 Å². The Morgan fingerprint density at radius 3 is 2.65 bits per heavy atom. The molecule has 23 heavy (non-hydrogen) atoms. The topological polar surface area (TPSA) is 50.3 Å². The monoisotopic (exact) mass is 312 g/mol. The highest BCUT2D eigenvalue weighted by Gasteiger charge is 2.16. The summed E-state index contributed by atoms with van der Waals surface area (Å²) in [6.45, 7) is 6.27. The van der Waals surface area contributed by atoms with E-state index in [4.69, 9.17) is 14.7 Å². The molecule has 5 nitrogen and oxygen atoms in total. The predicted octanol–water partition coefficient (Wildman–Crippen LogP) is 3.19. The summed E-state index contributed by atoms with van der Waals surface area (Å²) < 4.78 is 5.43.